The Balaban J connectivity index is 1.73. The van der Waals surface area contributed by atoms with E-state index >= 15 is 0 Å². The van der Waals surface area contributed by atoms with Gasteiger partial charge in [-0.3, -0.25) is 4.79 Å². The van der Waals surface area contributed by atoms with E-state index in [-0.39, 0.29) is 12.2 Å². The first-order chi connectivity index (χ1) is 15.0. The molecule has 3 aromatic rings. The van der Waals surface area contributed by atoms with Gasteiger partial charge >= 0.3 is 0 Å². The number of hydrogen-bond donors (Lipinski definition) is 1. The average molecular weight is 506 g/mol. The second kappa shape index (κ2) is 10.9. The minimum absolute atomic E-state index is 0.176. The van der Waals surface area contributed by atoms with Crippen molar-refractivity contribution in [2.75, 3.05) is 6.61 Å². The molecule has 3 rings (SSSR count). The summed E-state index contributed by atoms with van der Waals surface area (Å²) in [6.07, 6.45) is 1.46. The van der Waals surface area contributed by atoms with Crippen molar-refractivity contribution in [1.29, 1.82) is 0 Å². The lowest BCUT2D eigenvalue weighted by Gasteiger charge is -2.14. The first kappa shape index (κ1) is 22.8. The monoisotopic (exact) mass is 504 g/mol. The van der Waals surface area contributed by atoms with Crippen LogP contribution in [0.3, 0.4) is 0 Å². The number of nitrogens with zero attached hydrogens (tertiary/aromatic N) is 1. The Morgan fingerprint density at radius 2 is 1.90 bits per heavy atom. The number of ether oxygens (including phenoxy) is 2. The summed E-state index contributed by atoms with van der Waals surface area (Å²) in [4.78, 5) is 12.1. The van der Waals surface area contributed by atoms with Gasteiger partial charge in [0.15, 0.2) is 11.5 Å². The zero-order chi connectivity index (χ0) is 22.2. The van der Waals surface area contributed by atoms with Crippen LogP contribution in [-0.2, 0) is 6.61 Å². The molecule has 0 aliphatic carbocycles. The maximum absolute atomic E-state index is 13.3. The number of carbonyl (C=O) groups excluding carboxylic acids is 1. The highest BCUT2D eigenvalue weighted by Crippen LogP contribution is 2.34. The van der Waals surface area contributed by atoms with E-state index in [2.05, 4.69) is 26.5 Å². The van der Waals surface area contributed by atoms with Crippen LogP contribution in [0.5, 0.6) is 11.5 Å². The van der Waals surface area contributed by atoms with E-state index in [0.29, 0.717) is 33.2 Å². The molecule has 0 saturated carbocycles. The van der Waals surface area contributed by atoms with Crippen molar-refractivity contribution in [3.05, 3.63) is 92.7 Å². The van der Waals surface area contributed by atoms with Crippen LogP contribution < -0.4 is 14.9 Å². The molecule has 0 saturated heterocycles. The van der Waals surface area contributed by atoms with Crippen LogP contribution in [0.4, 0.5) is 4.39 Å². The molecule has 0 aliphatic heterocycles. The molecule has 0 aromatic heterocycles. The highest BCUT2D eigenvalue weighted by molar-refractivity contribution is 9.10. The third kappa shape index (κ3) is 6.29. The Labute approximate surface area is 193 Å². The number of rotatable bonds is 8. The molecule has 0 spiro atoms. The summed E-state index contributed by atoms with van der Waals surface area (Å²) in [6.45, 7) is 2.59. The highest BCUT2D eigenvalue weighted by atomic mass is 79.9. The van der Waals surface area contributed by atoms with Crippen LogP contribution in [0.2, 0.25) is 5.02 Å². The van der Waals surface area contributed by atoms with E-state index in [1.165, 1.54) is 24.4 Å². The van der Waals surface area contributed by atoms with Crippen LogP contribution >= 0.6 is 27.5 Å². The largest absolute Gasteiger partial charge is 0.490 e. The number of benzene rings is 3. The van der Waals surface area contributed by atoms with Crippen molar-refractivity contribution < 1.29 is 18.7 Å². The summed E-state index contributed by atoms with van der Waals surface area (Å²) < 4.78 is 25.6. The van der Waals surface area contributed by atoms with Crippen molar-refractivity contribution in [1.82, 2.24) is 5.43 Å². The van der Waals surface area contributed by atoms with E-state index in [4.69, 9.17) is 21.1 Å². The smallest absolute Gasteiger partial charge is 0.271 e. The molecule has 1 amide bonds. The van der Waals surface area contributed by atoms with Gasteiger partial charge in [-0.2, -0.15) is 5.10 Å². The van der Waals surface area contributed by atoms with E-state index in [1.807, 2.05) is 25.1 Å². The third-order valence-electron chi connectivity index (χ3n) is 4.16. The molecule has 0 aliphatic rings. The van der Waals surface area contributed by atoms with Gasteiger partial charge in [-0.05, 0) is 59.3 Å². The SMILES string of the molecule is CCOc1cc(/C=N\NC(=O)c2cccc(F)c2)c(Br)cc1OCc1ccccc1Cl. The van der Waals surface area contributed by atoms with Gasteiger partial charge in [-0.15, -0.1) is 0 Å². The predicted octanol–water partition coefficient (Wildman–Crippen LogP) is 5.98. The van der Waals surface area contributed by atoms with Gasteiger partial charge in [0.1, 0.15) is 12.4 Å². The second-order valence-electron chi connectivity index (χ2n) is 6.34. The fourth-order valence-corrected chi connectivity index (χ4v) is 3.27. The highest BCUT2D eigenvalue weighted by Gasteiger charge is 2.12. The van der Waals surface area contributed by atoms with Crippen molar-refractivity contribution in [2.24, 2.45) is 5.10 Å². The number of hydrazone groups is 1. The van der Waals surface area contributed by atoms with Crippen molar-refractivity contribution in [2.45, 2.75) is 13.5 Å². The summed E-state index contributed by atoms with van der Waals surface area (Å²) in [7, 11) is 0. The molecule has 160 valence electrons. The van der Waals surface area contributed by atoms with Gasteiger partial charge in [-0.1, -0.05) is 35.9 Å². The van der Waals surface area contributed by atoms with E-state index in [9.17, 15) is 9.18 Å². The van der Waals surface area contributed by atoms with Crippen molar-refractivity contribution in [3.63, 3.8) is 0 Å². The Morgan fingerprint density at radius 3 is 2.65 bits per heavy atom. The Morgan fingerprint density at radius 1 is 1.13 bits per heavy atom. The topological polar surface area (TPSA) is 59.9 Å². The fourth-order valence-electron chi connectivity index (χ4n) is 2.66. The van der Waals surface area contributed by atoms with E-state index < -0.39 is 11.7 Å². The molecule has 31 heavy (non-hydrogen) atoms. The number of hydrogen-bond acceptors (Lipinski definition) is 4. The minimum Gasteiger partial charge on any atom is -0.490 e. The summed E-state index contributed by atoms with van der Waals surface area (Å²) in [6, 6.07) is 16.3. The number of halogens is 3. The molecule has 8 heteroatoms. The van der Waals surface area contributed by atoms with Gasteiger partial charge in [0.2, 0.25) is 0 Å². The van der Waals surface area contributed by atoms with Crippen LogP contribution in [0.25, 0.3) is 0 Å². The maximum Gasteiger partial charge on any atom is 0.271 e. The number of carbonyl (C=O) groups is 1. The van der Waals surface area contributed by atoms with Gasteiger partial charge in [0.05, 0.1) is 12.8 Å². The van der Waals surface area contributed by atoms with Crippen LogP contribution in [-0.4, -0.2) is 18.7 Å². The molecular weight excluding hydrogens is 487 g/mol. The maximum atomic E-state index is 13.3. The molecule has 0 unspecified atom stereocenters. The minimum atomic E-state index is -0.517. The molecule has 3 aromatic carbocycles. The lowest BCUT2D eigenvalue weighted by atomic mass is 10.2. The van der Waals surface area contributed by atoms with E-state index in [1.54, 1.807) is 18.2 Å². The number of nitrogens with one attached hydrogen (secondary N) is 1. The second-order valence-corrected chi connectivity index (χ2v) is 7.60. The molecular formula is C23H19BrClFN2O3. The zero-order valence-electron chi connectivity index (χ0n) is 16.6. The molecule has 0 heterocycles. The normalized spacial score (nSPS) is 10.8. The Bertz CT molecular complexity index is 1110. The van der Waals surface area contributed by atoms with Gasteiger partial charge in [-0.25, -0.2) is 9.82 Å². The lowest BCUT2D eigenvalue weighted by Crippen LogP contribution is -2.17. The average Bonchev–Trinajstić information content (AvgIpc) is 2.75. The summed E-state index contributed by atoms with van der Waals surface area (Å²) in [5.41, 5.74) is 4.07. The molecule has 0 bridgehead atoms. The van der Waals surface area contributed by atoms with Crippen LogP contribution in [0, 0.1) is 5.82 Å². The number of amides is 1. The van der Waals surface area contributed by atoms with Gasteiger partial charge < -0.3 is 9.47 Å². The van der Waals surface area contributed by atoms with E-state index in [0.717, 1.165) is 11.6 Å². The van der Waals surface area contributed by atoms with Gasteiger partial charge in [0.25, 0.3) is 5.91 Å². The first-order valence-electron chi connectivity index (χ1n) is 9.39. The molecule has 0 radical (unpaired) electrons. The predicted molar refractivity (Wildman–Crippen MR) is 123 cm³/mol. The zero-order valence-corrected chi connectivity index (χ0v) is 18.9. The molecule has 1 N–H and O–H groups in total. The summed E-state index contributed by atoms with van der Waals surface area (Å²) in [5.74, 6) is 0.0509. The van der Waals surface area contributed by atoms with Crippen molar-refractivity contribution >= 4 is 39.7 Å². The van der Waals surface area contributed by atoms with Crippen molar-refractivity contribution in [3.8, 4) is 11.5 Å². The van der Waals surface area contributed by atoms with Crippen LogP contribution in [0.1, 0.15) is 28.4 Å². The quantitative estimate of drug-likeness (QED) is 0.302. The lowest BCUT2D eigenvalue weighted by molar-refractivity contribution is 0.0954. The fraction of sp³-hybridized carbons (Fsp3) is 0.130. The molecule has 0 fully saturated rings. The molecule has 0 atom stereocenters. The Kier molecular flexibility index (Phi) is 8.03. The standard InChI is InChI=1S/C23H19BrClFN2O3/c1-2-30-21-11-17(13-27-28-23(29)15-7-5-8-18(26)10-15)19(24)12-22(21)31-14-16-6-3-4-9-20(16)25/h3-13H,2,14H2,1H3,(H,28,29)/b27-13-. The molecule has 5 nitrogen and oxygen atoms in total. The van der Waals surface area contributed by atoms with Crippen LogP contribution in [0.15, 0.2) is 70.2 Å². The third-order valence-corrected chi connectivity index (χ3v) is 5.22. The summed E-state index contributed by atoms with van der Waals surface area (Å²) >= 11 is 9.67. The first-order valence-corrected chi connectivity index (χ1v) is 10.6. The summed E-state index contributed by atoms with van der Waals surface area (Å²) in [5, 5.41) is 4.58. The Hall–Kier alpha value is -2.90. The van der Waals surface area contributed by atoms with Gasteiger partial charge in [0, 0.05) is 26.2 Å².